The normalized spacial score (nSPS) is 10.8. The van der Waals surface area contributed by atoms with Gasteiger partial charge in [0.25, 0.3) is 5.91 Å². The summed E-state index contributed by atoms with van der Waals surface area (Å²) < 4.78 is 13.0. The van der Waals surface area contributed by atoms with Gasteiger partial charge < -0.3 is 15.4 Å². The van der Waals surface area contributed by atoms with Crippen molar-refractivity contribution in [3.8, 4) is 11.4 Å². The largest absolute Gasteiger partial charge is 0.478 e. The Labute approximate surface area is 158 Å². The van der Waals surface area contributed by atoms with E-state index >= 15 is 0 Å². The molecular formula is C21H14FN3O3. The maximum atomic E-state index is 13.0. The summed E-state index contributed by atoms with van der Waals surface area (Å²) in [5.41, 5.74) is 3.20. The van der Waals surface area contributed by atoms with Crippen LogP contribution < -0.4 is 5.32 Å². The zero-order valence-corrected chi connectivity index (χ0v) is 14.4. The molecule has 3 aromatic carbocycles. The Morgan fingerprint density at radius 2 is 1.61 bits per heavy atom. The Kier molecular flexibility index (Phi) is 4.33. The summed E-state index contributed by atoms with van der Waals surface area (Å²) in [6.45, 7) is 0. The van der Waals surface area contributed by atoms with E-state index in [0.717, 1.165) is 5.56 Å². The molecule has 6 nitrogen and oxygen atoms in total. The minimum absolute atomic E-state index is 0.194. The maximum absolute atomic E-state index is 13.0. The Morgan fingerprint density at radius 3 is 2.29 bits per heavy atom. The zero-order chi connectivity index (χ0) is 19.7. The number of fused-ring (bicyclic) bond motifs is 1. The fraction of sp³-hybridized carbons (Fsp3) is 0. The molecule has 1 heterocycles. The summed E-state index contributed by atoms with van der Waals surface area (Å²) in [5.74, 6) is -1.12. The molecule has 0 bridgehead atoms. The Hall–Kier alpha value is -4.00. The molecule has 7 heteroatoms. The molecular weight excluding hydrogens is 361 g/mol. The number of aromatic nitrogens is 2. The number of carboxylic acids is 1. The van der Waals surface area contributed by atoms with Gasteiger partial charge in [-0.1, -0.05) is 12.1 Å². The number of carbonyl (C=O) groups is 2. The average molecular weight is 375 g/mol. The highest BCUT2D eigenvalue weighted by Gasteiger charge is 2.11. The van der Waals surface area contributed by atoms with E-state index in [-0.39, 0.29) is 17.3 Å². The molecule has 0 saturated carbocycles. The fourth-order valence-electron chi connectivity index (χ4n) is 2.79. The number of benzene rings is 3. The van der Waals surface area contributed by atoms with Crippen LogP contribution in [-0.4, -0.2) is 27.0 Å². The van der Waals surface area contributed by atoms with Gasteiger partial charge in [0, 0.05) is 16.8 Å². The first kappa shape index (κ1) is 17.4. The van der Waals surface area contributed by atoms with Crippen LogP contribution in [0.1, 0.15) is 20.7 Å². The predicted octanol–water partition coefficient (Wildman–Crippen LogP) is 4.32. The number of amides is 1. The minimum Gasteiger partial charge on any atom is -0.478 e. The second kappa shape index (κ2) is 6.96. The van der Waals surface area contributed by atoms with Gasteiger partial charge in [0.2, 0.25) is 0 Å². The number of H-pyrrole nitrogens is 1. The van der Waals surface area contributed by atoms with Crippen molar-refractivity contribution in [1.29, 1.82) is 0 Å². The van der Waals surface area contributed by atoms with Crippen LogP contribution >= 0.6 is 0 Å². The molecule has 3 N–H and O–H groups in total. The molecule has 0 unspecified atom stereocenters. The number of nitrogens with one attached hydrogen (secondary N) is 2. The number of carbonyl (C=O) groups excluding carboxylic acids is 1. The lowest BCUT2D eigenvalue weighted by Crippen LogP contribution is -2.11. The predicted molar refractivity (Wildman–Crippen MR) is 103 cm³/mol. The van der Waals surface area contributed by atoms with Crippen LogP contribution in [0, 0.1) is 5.82 Å². The highest BCUT2D eigenvalue weighted by Crippen LogP contribution is 2.22. The number of hydrogen-bond acceptors (Lipinski definition) is 3. The topological polar surface area (TPSA) is 95.1 Å². The van der Waals surface area contributed by atoms with Crippen LogP contribution in [0.5, 0.6) is 0 Å². The van der Waals surface area contributed by atoms with E-state index in [1.54, 1.807) is 30.3 Å². The molecule has 4 rings (SSSR count). The van der Waals surface area contributed by atoms with E-state index in [4.69, 9.17) is 5.11 Å². The van der Waals surface area contributed by atoms with Crippen LogP contribution in [0.3, 0.4) is 0 Å². The highest BCUT2D eigenvalue weighted by atomic mass is 19.1. The lowest BCUT2D eigenvalue weighted by Gasteiger charge is -2.05. The molecule has 0 radical (unpaired) electrons. The number of aromatic carboxylic acids is 1. The highest BCUT2D eigenvalue weighted by molar-refractivity contribution is 6.06. The van der Waals surface area contributed by atoms with E-state index in [1.807, 2.05) is 0 Å². The van der Waals surface area contributed by atoms with Gasteiger partial charge in [-0.05, 0) is 54.6 Å². The minimum atomic E-state index is -0.993. The summed E-state index contributed by atoms with van der Waals surface area (Å²) in [4.78, 5) is 31.0. The third-order valence-electron chi connectivity index (χ3n) is 4.25. The molecule has 0 aliphatic heterocycles. The number of rotatable bonds is 4. The molecule has 0 aliphatic carbocycles. The van der Waals surface area contributed by atoms with Gasteiger partial charge in [0.1, 0.15) is 11.6 Å². The number of carboxylic acid groups (broad SMARTS) is 1. The number of imidazole rings is 1. The fourth-order valence-corrected chi connectivity index (χ4v) is 2.79. The smallest absolute Gasteiger partial charge is 0.335 e. The quantitative estimate of drug-likeness (QED) is 0.495. The summed E-state index contributed by atoms with van der Waals surface area (Å²) >= 11 is 0. The van der Waals surface area contributed by atoms with E-state index in [0.29, 0.717) is 28.1 Å². The van der Waals surface area contributed by atoms with E-state index in [9.17, 15) is 14.0 Å². The van der Waals surface area contributed by atoms with Crippen molar-refractivity contribution in [2.75, 3.05) is 5.32 Å². The molecule has 4 aromatic rings. The van der Waals surface area contributed by atoms with Gasteiger partial charge in [0.05, 0.1) is 16.6 Å². The molecule has 0 aliphatic rings. The second-order valence-electron chi connectivity index (χ2n) is 6.16. The van der Waals surface area contributed by atoms with E-state index < -0.39 is 5.97 Å². The molecule has 0 spiro atoms. The number of nitrogens with zero attached hydrogens (tertiary/aromatic N) is 1. The molecule has 0 saturated heterocycles. The van der Waals surface area contributed by atoms with Crippen molar-refractivity contribution >= 4 is 28.6 Å². The third-order valence-corrected chi connectivity index (χ3v) is 4.25. The summed E-state index contributed by atoms with van der Waals surface area (Å²) in [6.07, 6.45) is 0. The Balaban J connectivity index is 1.59. The molecule has 1 amide bonds. The monoisotopic (exact) mass is 375 g/mol. The second-order valence-corrected chi connectivity index (χ2v) is 6.16. The van der Waals surface area contributed by atoms with Crippen molar-refractivity contribution in [1.82, 2.24) is 9.97 Å². The molecule has 0 fully saturated rings. The lowest BCUT2D eigenvalue weighted by molar-refractivity contribution is 0.0696. The molecule has 1 aromatic heterocycles. The SMILES string of the molecule is O=C(O)c1ccc(-c2nc3ccc(C(=O)Nc4ccc(F)cc4)cc3[nH]2)cc1. The van der Waals surface area contributed by atoms with Gasteiger partial charge in [-0.15, -0.1) is 0 Å². The van der Waals surface area contributed by atoms with Crippen molar-refractivity contribution in [3.05, 3.63) is 83.7 Å². The molecule has 0 atom stereocenters. The first-order valence-electron chi connectivity index (χ1n) is 8.40. The van der Waals surface area contributed by atoms with Crippen molar-refractivity contribution in [3.63, 3.8) is 0 Å². The van der Waals surface area contributed by atoms with E-state index in [2.05, 4.69) is 15.3 Å². The van der Waals surface area contributed by atoms with Crippen molar-refractivity contribution < 1.29 is 19.1 Å². The molecule has 138 valence electrons. The van der Waals surface area contributed by atoms with Crippen LogP contribution in [0.15, 0.2) is 66.7 Å². The van der Waals surface area contributed by atoms with Crippen molar-refractivity contribution in [2.45, 2.75) is 0 Å². The van der Waals surface area contributed by atoms with Gasteiger partial charge >= 0.3 is 5.97 Å². The zero-order valence-electron chi connectivity index (χ0n) is 14.4. The third kappa shape index (κ3) is 3.45. The molecule has 28 heavy (non-hydrogen) atoms. The number of aromatic amines is 1. The first-order chi connectivity index (χ1) is 13.5. The Morgan fingerprint density at radius 1 is 0.929 bits per heavy atom. The maximum Gasteiger partial charge on any atom is 0.335 e. The first-order valence-corrected chi connectivity index (χ1v) is 8.40. The summed E-state index contributed by atoms with van der Waals surface area (Å²) in [7, 11) is 0. The van der Waals surface area contributed by atoms with Crippen LogP contribution in [0.2, 0.25) is 0 Å². The average Bonchev–Trinajstić information content (AvgIpc) is 3.13. The lowest BCUT2D eigenvalue weighted by atomic mass is 10.1. The van der Waals surface area contributed by atoms with Gasteiger partial charge in [-0.25, -0.2) is 14.2 Å². The number of hydrogen-bond donors (Lipinski definition) is 3. The van der Waals surface area contributed by atoms with E-state index in [1.165, 1.54) is 36.4 Å². The number of halogens is 1. The van der Waals surface area contributed by atoms with Crippen LogP contribution in [0.25, 0.3) is 22.4 Å². The summed E-state index contributed by atoms with van der Waals surface area (Å²) in [5, 5.41) is 11.7. The van der Waals surface area contributed by atoms with Crippen LogP contribution in [-0.2, 0) is 0 Å². The van der Waals surface area contributed by atoms with Crippen LogP contribution in [0.4, 0.5) is 10.1 Å². The summed E-state index contributed by atoms with van der Waals surface area (Å²) in [6, 6.07) is 16.9. The van der Waals surface area contributed by atoms with Crippen molar-refractivity contribution in [2.24, 2.45) is 0 Å². The standard InChI is InChI=1S/C21H14FN3O3/c22-15-6-8-16(9-7-15)23-20(26)14-5-10-17-18(11-14)25-19(24-17)12-1-3-13(4-2-12)21(27)28/h1-11H,(H,23,26)(H,24,25)(H,27,28). The van der Waals surface area contributed by atoms with Gasteiger partial charge in [-0.3, -0.25) is 4.79 Å². The van der Waals surface area contributed by atoms with Gasteiger partial charge in [-0.2, -0.15) is 0 Å². The number of anilines is 1. The van der Waals surface area contributed by atoms with Gasteiger partial charge in [0.15, 0.2) is 0 Å². The Bertz CT molecular complexity index is 1180.